The van der Waals surface area contributed by atoms with Gasteiger partial charge < -0.3 is 4.57 Å². The van der Waals surface area contributed by atoms with E-state index >= 15 is 0 Å². The number of alkyl halides is 1. The molecule has 0 aliphatic heterocycles. The van der Waals surface area contributed by atoms with Crippen LogP contribution in [0.25, 0.3) is 11.0 Å². The number of halogens is 2. The summed E-state index contributed by atoms with van der Waals surface area (Å²) in [6.07, 6.45) is 3.51. The van der Waals surface area contributed by atoms with Crippen molar-refractivity contribution in [3.63, 3.8) is 0 Å². The number of aryl methyl sites for hydroxylation is 1. The Bertz CT molecular complexity index is 750. The lowest BCUT2D eigenvalue weighted by Gasteiger charge is -2.08. The number of aromatic nitrogens is 4. The highest BCUT2D eigenvalue weighted by molar-refractivity contribution is 6.35. The molecule has 20 heavy (non-hydrogen) atoms. The van der Waals surface area contributed by atoms with Crippen LogP contribution in [-0.4, -0.2) is 19.5 Å². The Morgan fingerprint density at radius 2 is 2.05 bits per heavy atom. The normalized spacial score (nSPS) is 11.2. The Labute approximate surface area is 126 Å². The molecule has 3 rings (SSSR count). The molecule has 0 aliphatic rings. The maximum absolute atomic E-state index is 6.28. The number of imidazole rings is 1. The summed E-state index contributed by atoms with van der Waals surface area (Å²) in [6.45, 7) is 2.46. The SMILES string of the molecule is Cc1cnc(Cn2c(CCl)nc3cccc(Cl)c32)cn1. The van der Waals surface area contributed by atoms with Crippen molar-refractivity contribution in [3.8, 4) is 0 Å². The first-order chi connectivity index (χ1) is 9.69. The molecule has 0 atom stereocenters. The molecule has 0 saturated heterocycles. The standard InChI is InChI=1S/C14H12Cl2N4/c1-9-6-18-10(7-17-9)8-20-13(5-15)19-12-4-2-3-11(16)14(12)20/h2-4,6-7H,5,8H2,1H3. The molecule has 0 unspecified atom stereocenters. The zero-order valence-corrected chi connectivity index (χ0v) is 12.4. The lowest BCUT2D eigenvalue weighted by atomic mass is 10.3. The molecule has 3 aromatic rings. The van der Waals surface area contributed by atoms with Crippen LogP contribution >= 0.6 is 23.2 Å². The maximum Gasteiger partial charge on any atom is 0.125 e. The number of benzene rings is 1. The average molecular weight is 307 g/mol. The zero-order valence-electron chi connectivity index (χ0n) is 10.8. The van der Waals surface area contributed by atoms with Gasteiger partial charge in [0.05, 0.1) is 46.1 Å². The Kier molecular flexibility index (Phi) is 3.59. The number of rotatable bonds is 3. The quantitative estimate of drug-likeness (QED) is 0.695. The minimum absolute atomic E-state index is 0.324. The highest BCUT2D eigenvalue weighted by Crippen LogP contribution is 2.25. The van der Waals surface area contributed by atoms with E-state index in [1.807, 2.05) is 29.7 Å². The predicted molar refractivity (Wildman–Crippen MR) is 80.2 cm³/mol. The summed E-state index contributed by atoms with van der Waals surface area (Å²) in [5, 5.41) is 0.659. The van der Waals surface area contributed by atoms with Gasteiger partial charge in [-0.2, -0.15) is 0 Å². The fourth-order valence-corrected chi connectivity index (χ4v) is 2.60. The highest BCUT2D eigenvalue weighted by atomic mass is 35.5. The zero-order chi connectivity index (χ0) is 14.1. The van der Waals surface area contributed by atoms with Gasteiger partial charge in [-0.3, -0.25) is 9.97 Å². The Morgan fingerprint density at radius 1 is 1.20 bits per heavy atom. The largest absolute Gasteiger partial charge is 0.320 e. The first kappa shape index (κ1) is 13.3. The Morgan fingerprint density at radius 3 is 2.75 bits per heavy atom. The van der Waals surface area contributed by atoms with Gasteiger partial charge in [0.15, 0.2) is 0 Å². The van der Waals surface area contributed by atoms with E-state index in [9.17, 15) is 0 Å². The Hall–Kier alpha value is -1.65. The molecule has 102 valence electrons. The smallest absolute Gasteiger partial charge is 0.125 e. The van der Waals surface area contributed by atoms with Crippen LogP contribution in [0, 0.1) is 6.92 Å². The number of fused-ring (bicyclic) bond motifs is 1. The topological polar surface area (TPSA) is 43.6 Å². The van der Waals surface area contributed by atoms with Gasteiger partial charge in [-0.1, -0.05) is 17.7 Å². The van der Waals surface area contributed by atoms with Crippen LogP contribution in [-0.2, 0) is 12.4 Å². The molecule has 0 saturated carbocycles. The molecular weight excluding hydrogens is 295 g/mol. The summed E-state index contributed by atoms with van der Waals surface area (Å²) in [4.78, 5) is 13.1. The highest BCUT2D eigenvalue weighted by Gasteiger charge is 2.13. The van der Waals surface area contributed by atoms with Gasteiger partial charge in [-0.15, -0.1) is 11.6 Å². The minimum atomic E-state index is 0.324. The van der Waals surface area contributed by atoms with Crippen molar-refractivity contribution >= 4 is 34.2 Å². The lowest BCUT2D eigenvalue weighted by molar-refractivity contribution is 0.751. The third-order valence-electron chi connectivity index (χ3n) is 3.07. The van der Waals surface area contributed by atoms with E-state index in [-0.39, 0.29) is 0 Å². The fraction of sp³-hybridized carbons (Fsp3) is 0.214. The van der Waals surface area contributed by atoms with E-state index < -0.39 is 0 Å². The molecule has 0 bridgehead atoms. The molecule has 0 aliphatic carbocycles. The van der Waals surface area contributed by atoms with Crippen molar-refractivity contribution in [1.29, 1.82) is 0 Å². The summed E-state index contributed by atoms with van der Waals surface area (Å²) in [6, 6.07) is 5.65. The molecule has 4 nitrogen and oxygen atoms in total. The summed E-state index contributed by atoms with van der Waals surface area (Å²) >= 11 is 12.3. The summed E-state index contributed by atoms with van der Waals surface area (Å²) in [7, 11) is 0. The van der Waals surface area contributed by atoms with Crippen molar-refractivity contribution in [2.75, 3.05) is 0 Å². The first-order valence-electron chi connectivity index (χ1n) is 6.16. The molecule has 0 amide bonds. The van der Waals surface area contributed by atoms with Gasteiger partial charge in [0, 0.05) is 6.20 Å². The van der Waals surface area contributed by atoms with Gasteiger partial charge in [-0.05, 0) is 19.1 Å². The van der Waals surface area contributed by atoms with Crippen LogP contribution in [0.2, 0.25) is 5.02 Å². The van der Waals surface area contributed by atoms with E-state index in [0.717, 1.165) is 28.2 Å². The monoisotopic (exact) mass is 306 g/mol. The third kappa shape index (κ3) is 2.37. The minimum Gasteiger partial charge on any atom is -0.320 e. The molecule has 0 radical (unpaired) electrons. The second kappa shape index (κ2) is 5.38. The average Bonchev–Trinajstić information content (AvgIpc) is 2.81. The van der Waals surface area contributed by atoms with Gasteiger partial charge in [0.1, 0.15) is 5.82 Å². The van der Waals surface area contributed by atoms with Crippen LogP contribution < -0.4 is 0 Å². The lowest BCUT2D eigenvalue weighted by Crippen LogP contribution is -2.06. The predicted octanol–water partition coefficient (Wildman–Crippen LogP) is 3.58. The summed E-state index contributed by atoms with van der Waals surface area (Å²) < 4.78 is 1.99. The number of para-hydroxylation sites is 1. The van der Waals surface area contributed by atoms with Crippen LogP contribution in [0.15, 0.2) is 30.6 Å². The van der Waals surface area contributed by atoms with Crippen LogP contribution in [0.3, 0.4) is 0 Å². The molecule has 0 spiro atoms. The van der Waals surface area contributed by atoms with Crippen molar-refractivity contribution in [3.05, 3.63) is 52.8 Å². The maximum atomic E-state index is 6.28. The third-order valence-corrected chi connectivity index (χ3v) is 3.61. The van der Waals surface area contributed by atoms with Crippen molar-refractivity contribution in [2.24, 2.45) is 0 Å². The van der Waals surface area contributed by atoms with Crippen LogP contribution in [0.1, 0.15) is 17.2 Å². The van der Waals surface area contributed by atoms with Gasteiger partial charge in [0.25, 0.3) is 0 Å². The molecule has 0 fully saturated rings. The molecule has 1 aromatic carbocycles. The summed E-state index contributed by atoms with van der Waals surface area (Å²) in [5.41, 5.74) is 3.46. The molecule has 2 aromatic heterocycles. The van der Waals surface area contributed by atoms with Crippen LogP contribution in [0.4, 0.5) is 0 Å². The fourth-order valence-electron chi connectivity index (χ4n) is 2.13. The Balaban J connectivity index is 2.11. The number of hydrogen-bond acceptors (Lipinski definition) is 3. The number of hydrogen-bond donors (Lipinski definition) is 0. The van der Waals surface area contributed by atoms with Gasteiger partial charge in [0.2, 0.25) is 0 Å². The molecule has 0 N–H and O–H groups in total. The molecule has 6 heteroatoms. The first-order valence-corrected chi connectivity index (χ1v) is 7.07. The van der Waals surface area contributed by atoms with E-state index in [0.29, 0.717) is 17.4 Å². The summed E-state index contributed by atoms with van der Waals surface area (Å²) in [5.74, 6) is 1.10. The van der Waals surface area contributed by atoms with Gasteiger partial charge in [-0.25, -0.2) is 4.98 Å². The van der Waals surface area contributed by atoms with Crippen LogP contribution in [0.5, 0.6) is 0 Å². The van der Waals surface area contributed by atoms with Crippen molar-refractivity contribution in [2.45, 2.75) is 19.3 Å². The number of nitrogens with zero attached hydrogens (tertiary/aromatic N) is 4. The second-order valence-electron chi connectivity index (χ2n) is 4.50. The molecule has 2 heterocycles. The van der Waals surface area contributed by atoms with Crippen molar-refractivity contribution < 1.29 is 0 Å². The van der Waals surface area contributed by atoms with Crippen molar-refractivity contribution in [1.82, 2.24) is 19.5 Å². The van der Waals surface area contributed by atoms with E-state index in [2.05, 4.69) is 15.0 Å². The van der Waals surface area contributed by atoms with E-state index in [1.54, 1.807) is 12.4 Å². The second-order valence-corrected chi connectivity index (χ2v) is 5.18. The van der Waals surface area contributed by atoms with E-state index in [1.165, 1.54) is 0 Å². The van der Waals surface area contributed by atoms with Gasteiger partial charge >= 0.3 is 0 Å². The molecular formula is C14H12Cl2N4. The van der Waals surface area contributed by atoms with E-state index in [4.69, 9.17) is 23.2 Å².